The summed E-state index contributed by atoms with van der Waals surface area (Å²) in [5.41, 5.74) is 0.403. The van der Waals surface area contributed by atoms with Crippen LogP contribution in [-0.2, 0) is 11.2 Å². The first-order valence-corrected chi connectivity index (χ1v) is 5.77. The molecule has 0 fully saturated rings. The van der Waals surface area contributed by atoms with E-state index in [0.29, 0.717) is 18.5 Å². The Labute approximate surface area is 101 Å². The molecule has 0 heterocycles. The normalized spacial score (nSPS) is 12.2. The zero-order valence-corrected chi connectivity index (χ0v) is 9.95. The average molecular weight is 239 g/mol. The molecule has 0 saturated heterocycles. The second kappa shape index (κ2) is 7.01. The van der Waals surface area contributed by atoms with E-state index >= 15 is 0 Å². The van der Waals surface area contributed by atoms with E-state index in [9.17, 15) is 9.18 Å². The van der Waals surface area contributed by atoms with Crippen LogP contribution < -0.4 is 5.32 Å². The summed E-state index contributed by atoms with van der Waals surface area (Å²) in [6, 6.07) is 6.25. The number of nitrogens with one attached hydrogen (secondary N) is 1. The van der Waals surface area contributed by atoms with Gasteiger partial charge in [0.25, 0.3) is 0 Å². The lowest BCUT2D eigenvalue weighted by molar-refractivity contribution is -0.120. The smallest absolute Gasteiger partial charge is 0.224 e. The van der Waals surface area contributed by atoms with Crippen molar-refractivity contribution in [2.75, 3.05) is 6.54 Å². The van der Waals surface area contributed by atoms with E-state index < -0.39 is 0 Å². The minimum absolute atomic E-state index is 0.0569. The van der Waals surface area contributed by atoms with Gasteiger partial charge in [-0.05, 0) is 31.4 Å². The number of benzene rings is 1. The standard InChI is InChI=1S/C13H18FNO2/c1-10(16)5-4-8-15-13(17)9-11-6-2-3-7-12(11)14/h2-3,6-7,10,16H,4-5,8-9H2,1H3,(H,15,17). The molecule has 0 aliphatic rings. The van der Waals surface area contributed by atoms with Crippen molar-refractivity contribution in [3.8, 4) is 0 Å². The van der Waals surface area contributed by atoms with E-state index in [2.05, 4.69) is 5.32 Å². The monoisotopic (exact) mass is 239 g/mol. The van der Waals surface area contributed by atoms with E-state index in [1.165, 1.54) is 6.07 Å². The Morgan fingerprint density at radius 3 is 2.82 bits per heavy atom. The molecule has 1 atom stereocenters. The van der Waals surface area contributed by atoms with E-state index in [4.69, 9.17) is 5.11 Å². The van der Waals surface area contributed by atoms with Crippen molar-refractivity contribution in [1.82, 2.24) is 5.32 Å². The SMILES string of the molecule is CC(O)CCCNC(=O)Cc1ccccc1F. The maximum Gasteiger partial charge on any atom is 0.224 e. The Morgan fingerprint density at radius 1 is 1.47 bits per heavy atom. The molecule has 0 bridgehead atoms. The summed E-state index contributed by atoms with van der Waals surface area (Å²) >= 11 is 0. The Kier molecular flexibility index (Phi) is 5.63. The number of halogens is 1. The van der Waals surface area contributed by atoms with Crippen LogP contribution in [0.2, 0.25) is 0 Å². The predicted octanol–water partition coefficient (Wildman–Crippen LogP) is 1.65. The van der Waals surface area contributed by atoms with Gasteiger partial charge in [0.05, 0.1) is 12.5 Å². The van der Waals surface area contributed by atoms with Gasteiger partial charge in [-0.1, -0.05) is 18.2 Å². The molecule has 2 N–H and O–H groups in total. The van der Waals surface area contributed by atoms with Gasteiger partial charge in [0.1, 0.15) is 5.82 Å². The molecule has 4 heteroatoms. The number of rotatable bonds is 6. The number of hydrogen-bond donors (Lipinski definition) is 2. The third-order valence-corrected chi connectivity index (χ3v) is 2.43. The molecule has 0 saturated carbocycles. The first-order chi connectivity index (χ1) is 8.09. The maximum absolute atomic E-state index is 13.2. The molecule has 0 spiro atoms. The molecule has 0 aromatic heterocycles. The molecule has 1 aromatic carbocycles. The van der Waals surface area contributed by atoms with Gasteiger partial charge in [-0.2, -0.15) is 0 Å². The second-order valence-corrected chi connectivity index (χ2v) is 4.11. The highest BCUT2D eigenvalue weighted by Gasteiger charge is 2.06. The fourth-order valence-electron chi connectivity index (χ4n) is 1.50. The molecule has 1 amide bonds. The average Bonchev–Trinajstić information content (AvgIpc) is 2.27. The largest absolute Gasteiger partial charge is 0.393 e. The summed E-state index contributed by atoms with van der Waals surface area (Å²) in [5, 5.41) is 11.7. The lowest BCUT2D eigenvalue weighted by Gasteiger charge is -2.07. The van der Waals surface area contributed by atoms with Crippen LogP contribution in [-0.4, -0.2) is 23.7 Å². The Hall–Kier alpha value is -1.42. The van der Waals surface area contributed by atoms with Gasteiger partial charge in [0.15, 0.2) is 0 Å². The zero-order chi connectivity index (χ0) is 12.7. The van der Waals surface area contributed by atoms with Gasteiger partial charge in [0, 0.05) is 6.54 Å². The lowest BCUT2D eigenvalue weighted by atomic mass is 10.1. The Balaban J connectivity index is 2.28. The van der Waals surface area contributed by atoms with Gasteiger partial charge in [-0.15, -0.1) is 0 Å². The third-order valence-electron chi connectivity index (χ3n) is 2.43. The van der Waals surface area contributed by atoms with Crippen LogP contribution in [0.1, 0.15) is 25.3 Å². The van der Waals surface area contributed by atoms with Crippen molar-refractivity contribution in [2.24, 2.45) is 0 Å². The van der Waals surface area contributed by atoms with Crippen molar-refractivity contribution < 1.29 is 14.3 Å². The van der Waals surface area contributed by atoms with Gasteiger partial charge in [0.2, 0.25) is 5.91 Å². The summed E-state index contributed by atoms with van der Waals surface area (Å²) in [5.74, 6) is -0.549. The molecule has 3 nitrogen and oxygen atoms in total. The number of amides is 1. The van der Waals surface area contributed by atoms with Crippen LogP contribution in [0.4, 0.5) is 4.39 Å². The molecule has 0 aliphatic carbocycles. The van der Waals surface area contributed by atoms with E-state index in [-0.39, 0.29) is 24.2 Å². The molecule has 17 heavy (non-hydrogen) atoms. The Bertz CT molecular complexity index is 366. The fourth-order valence-corrected chi connectivity index (χ4v) is 1.50. The quantitative estimate of drug-likeness (QED) is 0.741. The summed E-state index contributed by atoms with van der Waals surface area (Å²) in [4.78, 5) is 11.5. The number of aliphatic hydroxyl groups excluding tert-OH is 1. The minimum atomic E-state index is -0.355. The highest BCUT2D eigenvalue weighted by atomic mass is 19.1. The summed E-state index contributed by atoms with van der Waals surface area (Å²) in [6.45, 7) is 2.22. The summed E-state index contributed by atoms with van der Waals surface area (Å²) in [6.07, 6.45) is 1.08. The summed E-state index contributed by atoms with van der Waals surface area (Å²) in [7, 11) is 0. The third kappa shape index (κ3) is 5.45. The number of carbonyl (C=O) groups excluding carboxylic acids is 1. The van der Waals surface area contributed by atoms with E-state index in [0.717, 1.165) is 6.42 Å². The van der Waals surface area contributed by atoms with Crippen molar-refractivity contribution in [1.29, 1.82) is 0 Å². The molecule has 1 aromatic rings. The van der Waals surface area contributed by atoms with E-state index in [1.54, 1.807) is 25.1 Å². The van der Waals surface area contributed by atoms with Crippen LogP contribution in [0.5, 0.6) is 0 Å². The topological polar surface area (TPSA) is 49.3 Å². The molecule has 1 unspecified atom stereocenters. The van der Waals surface area contributed by atoms with Crippen LogP contribution in [0.15, 0.2) is 24.3 Å². The molecular weight excluding hydrogens is 221 g/mol. The molecule has 1 rings (SSSR count). The van der Waals surface area contributed by atoms with Gasteiger partial charge < -0.3 is 10.4 Å². The van der Waals surface area contributed by atoms with Crippen LogP contribution >= 0.6 is 0 Å². The predicted molar refractivity (Wildman–Crippen MR) is 64.0 cm³/mol. The number of hydrogen-bond acceptors (Lipinski definition) is 2. The molecule has 94 valence electrons. The van der Waals surface area contributed by atoms with Crippen molar-refractivity contribution >= 4 is 5.91 Å². The highest BCUT2D eigenvalue weighted by molar-refractivity contribution is 5.78. The van der Waals surface area contributed by atoms with Crippen molar-refractivity contribution in [2.45, 2.75) is 32.3 Å². The van der Waals surface area contributed by atoms with Crippen LogP contribution in [0.3, 0.4) is 0 Å². The van der Waals surface area contributed by atoms with Gasteiger partial charge >= 0.3 is 0 Å². The van der Waals surface area contributed by atoms with Crippen LogP contribution in [0.25, 0.3) is 0 Å². The zero-order valence-electron chi connectivity index (χ0n) is 9.95. The van der Waals surface area contributed by atoms with E-state index in [1.807, 2.05) is 0 Å². The molecular formula is C13H18FNO2. The summed E-state index contributed by atoms with van der Waals surface area (Å²) < 4.78 is 13.2. The van der Waals surface area contributed by atoms with Crippen molar-refractivity contribution in [3.63, 3.8) is 0 Å². The molecule has 0 aliphatic heterocycles. The van der Waals surface area contributed by atoms with Crippen molar-refractivity contribution in [3.05, 3.63) is 35.6 Å². The second-order valence-electron chi connectivity index (χ2n) is 4.11. The first kappa shape index (κ1) is 13.6. The van der Waals surface area contributed by atoms with Gasteiger partial charge in [-0.3, -0.25) is 4.79 Å². The highest BCUT2D eigenvalue weighted by Crippen LogP contribution is 2.06. The number of aliphatic hydroxyl groups is 1. The van der Waals surface area contributed by atoms with Crippen LogP contribution in [0, 0.1) is 5.82 Å². The maximum atomic E-state index is 13.2. The molecule has 0 radical (unpaired) electrons. The minimum Gasteiger partial charge on any atom is -0.393 e. The first-order valence-electron chi connectivity index (χ1n) is 5.77. The van der Waals surface area contributed by atoms with Gasteiger partial charge in [-0.25, -0.2) is 4.39 Å². The Morgan fingerprint density at radius 2 is 2.18 bits per heavy atom. The number of carbonyl (C=O) groups is 1. The fraction of sp³-hybridized carbons (Fsp3) is 0.462. The lowest BCUT2D eigenvalue weighted by Crippen LogP contribution is -2.26.